The highest BCUT2D eigenvalue weighted by molar-refractivity contribution is 6.32. The Labute approximate surface area is 281 Å². The van der Waals surface area contributed by atoms with Gasteiger partial charge in [-0.3, -0.25) is 28.9 Å². The molecular weight excluding hydrogens is 635 g/mol. The summed E-state index contributed by atoms with van der Waals surface area (Å²) in [6.07, 6.45) is 4.26. The Balaban J connectivity index is 1.37. The van der Waals surface area contributed by atoms with Crippen molar-refractivity contribution in [3.8, 4) is 5.75 Å². The summed E-state index contributed by atoms with van der Waals surface area (Å²) >= 11 is 6.08. The number of nitrogens with zero attached hydrogens (tertiary/aromatic N) is 2. The molecule has 10 heteroatoms. The summed E-state index contributed by atoms with van der Waals surface area (Å²) in [6, 6.07) is 15.2. The number of carbonyl (C=O) groups is 5. The molecular formula is C38H32ClFN2O6. The quantitative estimate of drug-likeness (QED) is 0.181. The van der Waals surface area contributed by atoms with Crippen LogP contribution in [-0.2, 0) is 25.6 Å². The SMILES string of the molecule is C=CCc1cccc([C@H]2C3=CC[C@@H]4C(=O)N(c5ccc(C(C)=O)cc5)C(=O)[C@@H]4[C@@H]3C[C@H]3C(=O)N(c4ccc(F)c(Cl)c4)C(=O)[C@@]23C)c1O. The summed E-state index contributed by atoms with van der Waals surface area (Å²) in [7, 11) is 0. The normalized spacial score (nSPS) is 27.8. The molecule has 4 amide bonds. The number of hydrogen-bond acceptors (Lipinski definition) is 6. The molecule has 0 bridgehead atoms. The molecule has 3 aromatic rings. The molecule has 2 aliphatic heterocycles. The highest BCUT2D eigenvalue weighted by atomic mass is 35.5. The Morgan fingerprint density at radius 2 is 1.71 bits per heavy atom. The number of amides is 4. The number of anilines is 2. The molecule has 0 aromatic heterocycles. The number of aromatic hydroxyl groups is 1. The van der Waals surface area contributed by atoms with Gasteiger partial charge in [0.15, 0.2) is 5.78 Å². The first-order chi connectivity index (χ1) is 22.9. The summed E-state index contributed by atoms with van der Waals surface area (Å²) in [5.74, 6) is -6.56. The second-order valence-electron chi connectivity index (χ2n) is 13.2. The number of phenols is 1. The maximum absolute atomic E-state index is 14.6. The molecule has 6 atom stereocenters. The number of Topliss-reactive ketones (excluding diaryl/α,β-unsaturated/α-hetero) is 1. The number of phenolic OH excluding ortho intramolecular Hbond substituents is 1. The lowest BCUT2D eigenvalue weighted by Crippen LogP contribution is -2.49. The Morgan fingerprint density at radius 1 is 1.00 bits per heavy atom. The van der Waals surface area contributed by atoms with E-state index in [1.165, 1.54) is 19.1 Å². The number of fused-ring (bicyclic) bond motifs is 4. The molecule has 1 saturated carbocycles. The van der Waals surface area contributed by atoms with Crippen molar-refractivity contribution in [3.05, 3.63) is 112 Å². The number of benzene rings is 3. The van der Waals surface area contributed by atoms with Crippen LogP contribution in [0.15, 0.2) is 85.0 Å². The van der Waals surface area contributed by atoms with E-state index < -0.39 is 58.5 Å². The standard InChI is InChI=1S/C38H32ClFN2O6/c1-4-6-21-7-5-8-26(33(21)44)32-24-14-15-25-31(36(47)41(34(25)45)22-11-9-20(10-12-22)19(2)43)27(24)18-28-35(46)42(37(48)38(28,32)3)23-13-16-30(40)29(39)17-23/h4-5,7-14,16-17,25,27-28,31-32,44H,1,6,15,18H2,2-3H3/t25-,27+,28-,31-,32+,38+/m0/s1. The molecule has 0 unspecified atom stereocenters. The van der Waals surface area contributed by atoms with Crippen LogP contribution < -0.4 is 9.80 Å². The van der Waals surface area contributed by atoms with E-state index in [1.807, 2.05) is 6.08 Å². The zero-order valence-corrected chi connectivity index (χ0v) is 27.0. The van der Waals surface area contributed by atoms with E-state index in [2.05, 4.69) is 6.58 Å². The fourth-order valence-electron chi connectivity index (χ4n) is 8.49. The Hall–Kier alpha value is -4.89. The Kier molecular flexibility index (Phi) is 7.51. The van der Waals surface area contributed by atoms with Gasteiger partial charge in [-0.25, -0.2) is 9.29 Å². The molecule has 0 spiro atoms. The molecule has 244 valence electrons. The van der Waals surface area contributed by atoms with E-state index in [4.69, 9.17) is 11.6 Å². The fourth-order valence-corrected chi connectivity index (χ4v) is 8.67. The van der Waals surface area contributed by atoms with Crippen molar-refractivity contribution in [3.63, 3.8) is 0 Å². The minimum Gasteiger partial charge on any atom is -0.507 e. The number of halogens is 2. The second kappa shape index (κ2) is 11.4. The first kappa shape index (κ1) is 31.7. The van der Waals surface area contributed by atoms with Crippen LogP contribution in [0, 0.1) is 34.9 Å². The van der Waals surface area contributed by atoms with Gasteiger partial charge in [-0.1, -0.05) is 47.5 Å². The maximum atomic E-state index is 14.6. The summed E-state index contributed by atoms with van der Waals surface area (Å²) in [4.78, 5) is 71.1. The number of rotatable bonds is 6. The van der Waals surface area contributed by atoms with Crippen LogP contribution >= 0.6 is 11.6 Å². The average molecular weight is 667 g/mol. The lowest BCUT2D eigenvalue weighted by Gasteiger charge is -2.49. The number of allylic oxidation sites excluding steroid dienone is 3. The first-order valence-corrected chi connectivity index (χ1v) is 16.2. The second-order valence-corrected chi connectivity index (χ2v) is 13.6. The number of para-hydroxylation sites is 1. The highest BCUT2D eigenvalue weighted by Crippen LogP contribution is 2.64. The summed E-state index contributed by atoms with van der Waals surface area (Å²) in [5.41, 5.74) is 1.27. The lowest BCUT2D eigenvalue weighted by atomic mass is 9.51. The third-order valence-corrected chi connectivity index (χ3v) is 11.1. The monoisotopic (exact) mass is 666 g/mol. The molecule has 4 aliphatic rings. The van der Waals surface area contributed by atoms with Gasteiger partial charge in [0.05, 0.1) is 39.6 Å². The molecule has 7 rings (SSSR count). The van der Waals surface area contributed by atoms with E-state index in [9.17, 15) is 33.5 Å². The zero-order chi connectivity index (χ0) is 34.2. The highest BCUT2D eigenvalue weighted by Gasteiger charge is 2.68. The predicted octanol–water partition coefficient (Wildman–Crippen LogP) is 6.55. The molecule has 2 aliphatic carbocycles. The fraction of sp³-hybridized carbons (Fsp3) is 0.289. The van der Waals surface area contributed by atoms with Crippen molar-refractivity contribution in [2.75, 3.05) is 9.80 Å². The van der Waals surface area contributed by atoms with Crippen LogP contribution in [0.25, 0.3) is 0 Å². The first-order valence-electron chi connectivity index (χ1n) is 15.8. The van der Waals surface area contributed by atoms with E-state index in [1.54, 1.807) is 55.5 Å². The van der Waals surface area contributed by atoms with Gasteiger partial charge >= 0.3 is 0 Å². The van der Waals surface area contributed by atoms with Crippen LogP contribution in [0.1, 0.15) is 54.1 Å². The molecule has 48 heavy (non-hydrogen) atoms. The summed E-state index contributed by atoms with van der Waals surface area (Å²) in [5, 5.41) is 11.4. The Morgan fingerprint density at radius 3 is 2.38 bits per heavy atom. The van der Waals surface area contributed by atoms with Crippen molar-refractivity contribution in [2.24, 2.45) is 29.1 Å². The largest absolute Gasteiger partial charge is 0.507 e. The number of ketones is 1. The molecule has 3 aromatic carbocycles. The van der Waals surface area contributed by atoms with Crippen molar-refractivity contribution < 1.29 is 33.5 Å². The van der Waals surface area contributed by atoms with Crippen LogP contribution in [-0.4, -0.2) is 34.5 Å². The van der Waals surface area contributed by atoms with Gasteiger partial charge in [0.1, 0.15) is 11.6 Å². The van der Waals surface area contributed by atoms with E-state index in [0.717, 1.165) is 21.4 Å². The molecule has 3 fully saturated rings. The van der Waals surface area contributed by atoms with Gasteiger partial charge in [-0.15, -0.1) is 6.58 Å². The summed E-state index contributed by atoms with van der Waals surface area (Å²) in [6.45, 7) is 6.93. The van der Waals surface area contributed by atoms with Crippen molar-refractivity contribution >= 4 is 52.4 Å². The van der Waals surface area contributed by atoms with Crippen LogP contribution in [0.5, 0.6) is 5.75 Å². The molecule has 8 nitrogen and oxygen atoms in total. The van der Waals surface area contributed by atoms with Crippen molar-refractivity contribution in [2.45, 2.75) is 39.0 Å². The third-order valence-electron chi connectivity index (χ3n) is 10.8. The van der Waals surface area contributed by atoms with Crippen molar-refractivity contribution in [1.82, 2.24) is 0 Å². The molecule has 1 N–H and O–H groups in total. The number of imide groups is 2. The molecule has 2 heterocycles. The zero-order valence-electron chi connectivity index (χ0n) is 26.3. The van der Waals surface area contributed by atoms with Gasteiger partial charge in [0.25, 0.3) is 0 Å². The van der Waals surface area contributed by atoms with Crippen LogP contribution in [0.3, 0.4) is 0 Å². The minimum absolute atomic E-state index is 0.0319. The van der Waals surface area contributed by atoms with Crippen molar-refractivity contribution in [1.29, 1.82) is 0 Å². The van der Waals surface area contributed by atoms with E-state index in [-0.39, 0.29) is 41.0 Å². The Bertz CT molecular complexity index is 1990. The lowest BCUT2D eigenvalue weighted by molar-refractivity contribution is -0.131. The predicted molar refractivity (Wildman–Crippen MR) is 177 cm³/mol. The van der Waals surface area contributed by atoms with Crippen LogP contribution in [0.2, 0.25) is 5.02 Å². The smallest absolute Gasteiger partial charge is 0.241 e. The molecule has 2 saturated heterocycles. The van der Waals surface area contributed by atoms with Gasteiger partial charge in [0.2, 0.25) is 23.6 Å². The minimum atomic E-state index is -1.40. The maximum Gasteiger partial charge on any atom is 0.241 e. The van der Waals surface area contributed by atoms with Gasteiger partial charge in [-0.2, -0.15) is 0 Å². The summed E-state index contributed by atoms with van der Waals surface area (Å²) < 4.78 is 14.1. The molecule has 0 radical (unpaired) electrons. The van der Waals surface area contributed by atoms with Gasteiger partial charge in [-0.05, 0) is 87.1 Å². The van der Waals surface area contributed by atoms with E-state index >= 15 is 0 Å². The number of carbonyl (C=O) groups excluding carboxylic acids is 5. The third kappa shape index (κ3) is 4.44. The van der Waals surface area contributed by atoms with Crippen LogP contribution in [0.4, 0.5) is 15.8 Å². The number of hydrogen-bond donors (Lipinski definition) is 1. The van der Waals surface area contributed by atoms with E-state index in [0.29, 0.717) is 28.8 Å². The average Bonchev–Trinajstić information content (AvgIpc) is 3.43. The van der Waals surface area contributed by atoms with Gasteiger partial charge in [0, 0.05) is 17.0 Å². The topological polar surface area (TPSA) is 112 Å². The van der Waals surface area contributed by atoms with Gasteiger partial charge < -0.3 is 5.11 Å².